The number of fused-ring (bicyclic) bond motifs is 1. The van der Waals surface area contributed by atoms with Gasteiger partial charge in [-0.1, -0.05) is 43.8 Å². The summed E-state index contributed by atoms with van der Waals surface area (Å²) >= 11 is 1.08. The highest BCUT2D eigenvalue weighted by Crippen LogP contribution is 2.30. The molecule has 1 aliphatic rings. The zero-order valence-corrected chi connectivity index (χ0v) is 21.6. The first-order chi connectivity index (χ1) is 17.8. The van der Waals surface area contributed by atoms with Gasteiger partial charge in [-0.05, 0) is 48.4 Å². The molecule has 6 nitrogen and oxygen atoms in total. The van der Waals surface area contributed by atoms with Crippen LogP contribution in [0.1, 0.15) is 25.0 Å². The monoisotopic (exact) mass is 520 g/mol. The van der Waals surface area contributed by atoms with Gasteiger partial charge in [-0.15, -0.1) is 0 Å². The predicted octanol–water partition coefficient (Wildman–Crippen LogP) is 6.72. The topological polar surface area (TPSA) is 59.7 Å². The van der Waals surface area contributed by atoms with Crippen LogP contribution in [0.15, 0.2) is 65.8 Å². The smallest absolute Gasteiger partial charge is 0.302 e. The van der Waals surface area contributed by atoms with E-state index >= 15 is 0 Å². The second-order valence-corrected chi connectivity index (χ2v) is 10.2. The first kappa shape index (κ1) is 25.0. The molecule has 2 heterocycles. The lowest BCUT2D eigenvalue weighted by Gasteiger charge is -2.23. The van der Waals surface area contributed by atoms with E-state index in [0.717, 1.165) is 70.2 Å². The molecule has 190 valence electrons. The van der Waals surface area contributed by atoms with E-state index in [4.69, 9.17) is 9.72 Å². The zero-order valence-electron chi connectivity index (χ0n) is 20.7. The molecule has 37 heavy (non-hydrogen) atoms. The Labute approximate surface area is 217 Å². The number of thioether (sulfide) groups is 1. The number of halogens is 2. The number of nitrogens with zero attached hydrogens (tertiary/aromatic N) is 4. The van der Waals surface area contributed by atoms with E-state index in [9.17, 15) is 13.6 Å². The first-order valence-electron chi connectivity index (χ1n) is 11.9. The van der Waals surface area contributed by atoms with Gasteiger partial charge in [-0.3, -0.25) is 4.79 Å². The van der Waals surface area contributed by atoms with Crippen LogP contribution in [0.5, 0.6) is 5.75 Å². The molecule has 0 radical (unpaired) electrons. The Bertz CT molecular complexity index is 1520. The lowest BCUT2D eigenvalue weighted by molar-refractivity contribution is 0.222. The van der Waals surface area contributed by atoms with E-state index in [-0.39, 0.29) is 17.3 Å². The SMILES string of the molecule is COc1cccc(-c2nc3cc(C4=NN(Cc5cc(F)ccc5F)C(=O)SC4)ccc3n2CC(C)C)c1. The third kappa shape index (κ3) is 5.22. The van der Waals surface area contributed by atoms with Crippen molar-refractivity contribution in [3.05, 3.63) is 83.4 Å². The highest BCUT2D eigenvalue weighted by molar-refractivity contribution is 8.14. The normalized spacial score (nSPS) is 13.9. The molecular formula is C28H26F2N4O2S. The third-order valence-electron chi connectivity index (χ3n) is 6.07. The Morgan fingerprint density at radius 3 is 2.68 bits per heavy atom. The number of hydrogen-bond donors (Lipinski definition) is 0. The van der Waals surface area contributed by atoms with E-state index < -0.39 is 11.6 Å². The molecule has 0 saturated carbocycles. The van der Waals surface area contributed by atoms with Gasteiger partial charge in [0.2, 0.25) is 0 Å². The first-order valence-corrected chi connectivity index (χ1v) is 12.9. The van der Waals surface area contributed by atoms with Gasteiger partial charge < -0.3 is 9.30 Å². The molecule has 3 aromatic carbocycles. The molecule has 0 aliphatic carbocycles. The Morgan fingerprint density at radius 1 is 1.05 bits per heavy atom. The minimum Gasteiger partial charge on any atom is -0.497 e. The van der Waals surface area contributed by atoms with Gasteiger partial charge in [0.25, 0.3) is 0 Å². The quantitative estimate of drug-likeness (QED) is 0.271. The Balaban J connectivity index is 1.53. The molecule has 9 heteroatoms. The number of benzene rings is 3. The van der Waals surface area contributed by atoms with E-state index in [0.29, 0.717) is 17.4 Å². The molecule has 0 fully saturated rings. The molecule has 0 bridgehead atoms. The van der Waals surface area contributed by atoms with Crippen LogP contribution < -0.4 is 4.74 Å². The van der Waals surface area contributed by atoms with Gasteiger partial charge in [0.1, 0.15) is 23.2 Å². The number of hydrogen-bond acceptors (Lipinski definition) is 5. The average molecular weight is 521 g/mol. The standard InChI is InChI=1S/C28H26F2N4O2S/c1-17(2)14-33-26-10-7-18(13-24(26)31-27(33)19-5-4-6-22(12-19)36-3)25-16-37-28(35)34(32-25)15-20-11-21(29)8-9-23(20)30/h4-13,17H,14-16H2,1-3H3. The van der Waals surface area contributed by atoms with Crippen LogP contribution >= 0.6 is 11.8 Å². The maximum atomic E-state index is 14.2. The Hall–Kier alpha value is -3.72. The summed E-state index contributed by atoms with van der Waals surface area (Å²) < 4.78 is 35.4. The molecule has 1 aromatic heterocycles. The fraction of sp³-hybridized carbons (Fsp3) is 0.250. The Kier molecular flexibility index (Phi) is 6.97. The fourth-order valence-corrected chi connectivity index (χ4v) is 5.07. The summed E-state index contributed by atoms with van der Waals surface area (Å²) in [7, 11) is 1.64. The lowest BCUT2D eigenvalue weighted by Crippen LogP contribution is -2.29. The van der Waals surface area contributed by atoms with Crippen LogP contribution in [0.4, 0.5) is 13.6 Å². The van der Waals surface area contributed by atoms with Crippen molar-refractivity contribution >= 4 is 33.7 Å². The molecule has 4 aromatic rings. The highest BCUT2D eigenvalue weighted by atomic mass is 32.2. The minimum atomic E-state index is -0.580. The van der Waals surface area contributed by atoms with Crippen molar-refractivity contribution in [2.45, 2.75) is 26.9 Å². The number of imidazole rings is 1. The molecule has 0 saturated heterocycles. The Morgan fingerprint density at radius 2 is 1.89 bits per heavy atom. The van der Waals surface area contributed by atoms with E-state index in [2.05, 4.69) is 23.5 Å². The fourth-order valence-electron chi connectivity index (χ4n) is 4.33. The van der Waals surface area contributed by atoms with Crippen molar-refractivity contribution in [3.63, 3.8) is 0 Å². The molecular weight excluding hydrogens is 494 g/mol. The van der Waals surface area contributed by atoms with Crippen LogP contribution in [-0.2, 0) is 13.1 Å². The number of amides is 1. The largest absolute Gasteiger partial charge is 0.497 e. The summed E-state index contributed by atoms with van der Waals surface area (Å²) in [6, 6.07) is 17.0. The number of hydrazone groups is 1. The number of carbonyl (C=O) groups is 1. The van der Waals surface area contributed by atoms with Gasteiger partial charge in [0.05, 0.1) is 30.4 Å². The molecule has 0 N–H and O–H groups in total. The van der Waals surface area contributed by atoms with Gasteiger partial charge in [-0.25, -0.2) is 18.8 Å². The summed E-state index contributed by atoms with van der Waals surface area (Å²) in [5, 5.41) is 5.38. The van der Waals surface area contributed by atoms with Gasteiger partial charge in [-0.2, -0.15) is 5.10 Å². The summed E-state index contributed by atoms with van der Waals surface area (Å²) in [6.45, 7) is 4.97. The maximum Gasteiger partial charge on any atom is 0.302 e. The lowest BCUT2D eigenvalue weighted by atomic mass is 10.1. The molecule has 0 unspecified atom stereocenters. The van der Waals surface area contributed by atoms with Crippen molar-refractivity contribution in [1.82, 2.24) is 14.6 Å². The summed E-state index contributed by atoms with van der Waals surface area (Å²) in [5.41, 5.74) is 4.33. The van der Waals surface area contributed by atoms with E-state index in [1.165, 1.54) is 5.01 Å². The zero-order chi connectivity index (χ0) is 26.1. The van der Waals surface area contributed by atoms with E-state index in [1.807, 2.05) is 42.5 Å². The minimum absolute atomic E-state index is 0.0739. The van der Waals surface area contributed by atoms with Crippen LogP contribution in [0.3, 0.4) is 0 Å². The second kappa shape index (κ2) is 10.3. The summed E-state index contributed by atoms with van der Waals surface area (Å²) in [5.74, 6) is 1.24. The third-order valence-corrected chi connectivity index (χ3v) is 6.94. The predicted molar refractivity (Wildman–Crippen MR) is 143 cm³/mol. The highest BCUT2D eigenvalue weighted by Gasteiger charge is 2.24. The number of ether oxygens (including phenoxy) is 1. The van der Waals surface area contributed by atoms with Crippen molar-refractivity contribution in [2.24, 2.45) is 11.0 Å². The van der Waals surface area contributed by atoms with Gasteiger partial charge in [0, 0.05) is 29.0 Å². The number of aromatic nitrogens is 2. The van der Waals surface area contributed by atoms with Crippen molar-refractivity contribution in [2.75, 3.05) is 12.9 Å². The molecule has 1 aliphatic heterocycles. The van der Waals surface area contributed by atoms with Crippen molar-refractivity contribution in [1.29, 1.82) is 0 Å². The van der Waals surface area contributed by atoms with Crippen LogP contribution in [0, 0.1) is 17.6 Å². The summed E-state index contributed by atoms with van der Waals surface area (Å²) in [4.78, 5) is 17.4. The van der Waals surface area contributed by atoms with Crippen LogP contribution in [0.2, 0.25) is 0 Å². The number of rotatable bonds is 7. The summed E-state index contributed by atoms with van der Waals surface area (Å²) in [6.07, 6.45) is 0. The van der Waals surface area contributed by atoms with E-state index in [1.54, 1.807) is 7.11 Å². The average Bonchev–Trinajstić information content (AvgIpc) is 3.24. The van der Waals surface area contributed by atoms with Crippen LogP contribution in [-0.4, -0.2) is 38.4 Å². The van der Waals surface area contributed by atoms with Gasteiger partial charge in [0.15, 0.2) is 0 Å². The van der Waals surface area contributed by atoms with Crippen molar-refractivity contribution < 1.29 is 18.3 Å². The molecule has 5 rings (SSSR count). The maximum absolute atomic E-state index is 14.2. The molecule has 0 spiro atoms. The number of methoxy groups -OCH3 is 1. The molecule has 0 atom stereocenters. The molecule has 1 amide bonds. The second-order valence-electron chi connectivity index (χ2n) is 9.27. The van der Waals surface area contributed by atoms with Crippen molar-refractivity contribution in [3.8, 4) is 17.1 Å². The van der Waals surface area contributed by atoms with Crippen LogP contribution in [0.25, 0.3) is 22.4 Å². The van der Waals surface area contributed by atoms with Gasteiger partial charge >= 0.3 is 5.24 Å². The number of carbonyl (C=O) groups excluding carboxylic acids is 1.